The first-order chi connectivity index (χ1) is 9.77. The fourth-order valence-electron chi connectivity index (χ4n) is 2.63. The standard InChI is InChI=1S/C14H19F3N2O2/c1-9-2-3-12(20)11(18-9)8-19-6-4-10(5-7-19)13(21)14(15,16)17/h2-3,10,13,20-21H,4-8H2,1H3. The van der Waals surface area contributed by atoms with Gasteiger partial charge in [-0.05, 0) is 50.9 Å². The van der Waals surface area contributed by atoms with Gasteiger partial charge in [0, 0.05) is 12.2 Å². The Labute approximate surface area is 121 Å². The van der Waals surface area contributed by atoms with Gasteiger partial charge < -0.3 is 10.2 Å². The van der Waals surface area contributed by atoms with Gasteiger partial charge in [0.15, 0.2) is 6.10 Å². The van der Waals surface area contributed by atoms with Crippen molar-refractivity contribution in [3.8, 4) is 5.75 Å². The van der Waals surface area contributed by atoms with E-state index in [9.17, 15) is 23.4 Å². The highest BCUT2D eigenvalue weighted by atomic mass is 19.4. The van der Waals surface area contributed by atoms with Crippen LogP contribution in [0.3, 0.4) is 0 Å². The molecule has 0 radical (unpaired) electrons. The second-order valence-electron chi connectivity index (χ2n) is 5.52. The zero-order valence-corrected chi connectivity index (χ0v) is 11.8. The summed E-state index contributed by atoms with van der Waals surface area (Å²) in [6.07, 6.45) is -6.23. The van der Waals surface area contributed by atoms with E-state index < -0.39 is 18.2 Å². The Kier molecular flexibility index (Phi) is 4.73. The van der Waals surface area contributed by atoms with E-state index in [-0.39, 0.29) is 18.6 Å². The number of halogens is 3. The van der Waals surface area contributed by atoms with Crippen molar-refractivity contribution in [1.82, 2.24) is 9.88 Å². The Balaban J connectivity index is 1.91. The molecule has 0 aliphatic carbocycles. The first-order valence-corrected chi connectivity index (χ1v) is 6.90. The number of likely N-dealkylation sites (tertiary alicyclic amines) is 1. The molecule has 0 spiro atoms. The van der Waals surface area contributed by atoms with Crippen LogP contribution < -0.4 is 0 Å². The van der Waals surface area contributed by atoms with Crippen molar-refractivity contribution in [1.29, 1.82) is 0 Å². The maximum atomic E-state index is 12.5. The number of aromatic nitrogens is 1. The van der Waals surface area contributed by atoms with Crippen LogP contribution in [0.2, 0.25) is 0 Å². The SMILES string of the molecule is Cc1ccc(O)c(CN2CCC(C(O)C(F)(F)F)CC2)n1. The Hall–Kier alpha value is -1.34. The lowest BCUT2D eigenvalue weighted by molar-refractivity contribution is -0.223. The predicted octanol–water partition coefficient (Wildman–Crippen LogP) is 2.23. The number of nitrogens with zero attached hydrogens (tertiary/aromatic N) is 2. The number of alkyl halides is 3. The van der Waals surface area contributed by atoms with Gasteiger partial charge in [-0.3, -0.25) is 9.88 Å². The van der Waals surface area contributed by atoms with E-state index in [0.29, 0.717) is 25.3 Å². The third-order valence-electron chi connectivity index (χ3n) is 3.88. The van der Waals surface area contributed by atoms with Crippen molar-refractivity contribution in [2.45, 2.75) is 38.6 Å². The minimum absolute atomic E-state index is 0.0954. The third kappa shape index (κ3) is 4.07. The van der Waals surface area contributed by atoms with Gasteiger partial charge >= 0.3 is 6.18 Å². The Bertz CT molecular complexity index is 486. The van der Waals surface area contributed by atoms with E-state index >= 15 is 0 Å². The maximum absolute atomic E-state index is 12.5. The van der Waals surface area contributed by atoms with Gasteiger partial charge in [0.25, 0.3) is 0 Å². The van der Waals surface area contributed by atoms with Gasteiger partial charge in [-0.25, -0.2) is 0 Å². The van der Waals surface area contributed by atoms with Crippen molar-refractivity contribution in [2.75, 3.05) is 13.1 Å². The molecule has 2 N–H and O–H groups in total. The largest absolute Gasteiger partial charge is 0.506 e. The molecular weight excluding hydrogens is 285 g/mol. The van der Waals surface area contributed by atoms with Gasteiger partial charge in [-0.1, -0.05) is 0 Å². The fourth-order valence-corrected chi connectivity index (χ4v) is 2.63. The molecule has 1 saturated heterocycles. The van der Waals surface area contributed by atoms with E-state index in [1.807, 2.05) is 11.8 Å². The van der Waals surface area contributed by atoms with Gasteiger partial charge in [0.2, 0.25) is 0 Å². The molecule has 2 heterocycles. The second kappa shape index (κ2) is 6.19. The lowest BCUT2D eigenvalue weighted by Gasteiger charge is -2.34. The molecule has 4 nitrogen and oxygen atoms in total. The number of piperidine rings is 1. The van der Waals surface area contributed by atoms with Crippen molar-refractivity contribution in [2.24, 2.45) is 5.92 Å². The number of aromatic hydroxyl groups is 1. The van der Waals surface area contributed by atoms with Crippen LogP contribution >= 0.6 is 0 Å². The van der Waals surface area contributed by atoms with Crippen LogP contribution in [0.4, 0.5) is 13.2 Å². The highest BCUT2D eigenvalue weighted by Crippen LogP contribution is 2.32. The van der Waals surface area contributed by atoms with E-state index in [2.05, 4.69) is 4.98 Å². The lowest BCUT2D eigenvalue weighted by Crippen LogP contribution is -2.43. The zero-order chi connectivity index (χ0) is 15.6. The number of hydrogen-bond donors (Lipinski definition) is 2. The molecule has 1 aliphatic heterocycles. The average Bonchev–Trinajstić information content (AvgIpc) is 2.42. The highest BCUT2D eigenvalue weighted by molar-refractivity contribution is 5.27. The quantitative estimate of drug-likeness (QED) is 0.899. The zero-order valence-electron chi connectivity index (χ0n) is 11.8. The summed E-state index contributed by atoms with van der Waals surface area (Å²) < 4.78 is 37.4. The molecule has 1 fully saturated rings. The molecule has 1 atom stereocenters. The van der Waals surface area contributed by atoms with E-state index in [0.717, 1.165) is 5.69 Å². The number of hydrogen-bond acceptors (Lipinski definition) is 4. The van der Waals surface area contributed by atoms with Crippen molar-refractivity contribution >= 4 is 0 Å². The minimum atomic E-state index is -4.55. The molecular formula is C14H19F3N2O2. The number of rotatable bonds is 3. The van der Waals surface area contributed by atoms with Gasteiger partial charge in [-0.2, -0.15) is 13.2 Å². The minimum Gasteiger partial charge on any atom is -0.506 e. The summed E-state index contributed by atoms with van der Waals surface area (Å²) in [6, 6.07) is 3.27. The molecule has 21 heavy (non-hydrogen) atoms. The maximum Gasteiger partial charge on any atom is 0.414 e. The molecule has 1 aromatic rings. The normalized spacial score (nSPS) is 19.7. The van der Waals surface area contributed by atoms with E-state index in [1.54, 1.807) is 12.1 Å². The molecule has 1 aromatic heterocycles. The molecule has 7 heteroatoms. The smallest absolute Gasteiger partial charge is 0.414 e. The van der Waals surface area contributed by atoms with Crippen LogP contribution in [0.5, 0.6) is 5.75 Å². The lowest BCUT2D eigenvalue weighted by atomic mass is 9.91. The van der Waals surface area contributed by atoms with Crippen LogP contribution in [0.25, 0.3) is 0 Å². The first kappa shape index (κ1) is 16.0. The Morgan fingerprint density at radius 3 is 2.52 bits per heavy atom. The summed E-state index contributed by atoms with van der Waals surface area (Å²) in [6.45, 7) is 3.12. The molecule has 1 aliphatic rings. The van der Waals surface area contributed by atoms with Crippen LogP contribution in [0.1, 0.15) is 24.2 Å². The topological polar surface area (TPSA) is 56.6 Å². The van der Waals surface area contributed by atoms with Gasteiger partial charge in [0.1, 0.15) is 5.75 Å². The van der Waals surface area contributed by atoms with Crippen molar-refractivity contribution < 1.29 is 23.4 Å². The molecule has 0 aromatic carbocycles. The molecule has 2 rings (SSSR count). The number of pyridine rings is 1. The number of aryl methyl sites for hydroxylation is 1. The van der Waals surface area contributed by atoms with Crippen LogP contribution in [0, 0.1) is 12.8 Å². The highest BCUT2D eigenvalue weighted by Gasteiger charge is 2.44. The summed E-state index contributed by atoms with van der Waals surface area (Å²) in [5, 5.41) is 19.0. The molecule has 118 valence electrons. The molecule has 1 unspecified atom stereocenters. The molecule has 0 saturated carbocycles. The van der Waals surface area contributed by atoms with Crippen LogP contribution in [-0.4, -0.2) is 45.5 Å². The first-order valence-electron chi connectivity index (χ1n) is 6.90. The fraction of sp³-hybridized carbons (Fsp3) is 0.643. The summed E-state index contributed by atoms with van der Waals surface area (Å²) in [7, 11) is 0. The van der Waals surface area contributed by atoms with Crippen LogP contribution in [0.15, 0.2) is 12.1 Å². The second-order valence-corrected chi connectivity index (χ2v) is 5.52. The van der Waals surface area contributed by atoms with Gasteiger partial charge in [0.05, 0.1) is 5.69 Å². The summed E-state index contributed by atoms with van der Waals surface area (Å²) in [4.78, 5) is 6.18. The van der Waals surface area contributed by atoms with Crippen LogP contribution in [-0.2, 0) is 6.54 Å². The number of aliphatic hydroxyl groups excluding tert-OH is 1. The third-order valence-corrected chi connectivity index (χ3v) is 3.88. The number of aliphatic hydroxyl groups is 1. The molecule has 0 amide bonds. The van der Waals surface area contributed by atoms with E-state index in [4.69, 9.17) is 0 Å². The summed E-state index contributed by atoms with van der Waals surface area (Å²) in [5.74, 6) is -0.654. The summed E-state index contributed by atoms with van der Waals surface area (Å²) in [5.41, 5.74) is 1.31. The monoisotopic (exact) mass is 304 g/mol. The Morgan fingerprint density at radius 1 is 1.33 bits per heavy atom. The van der Waals surface area contributed by atoms with E-state index in [1.165, 1.54) is 0 Å². The van der Waals surface area contributed by atoms with Gasteiger partial charge in [-0.15, -0.1) is 0 Å². The van der Waals surface area contributed by atoms with Crippen molar-refractivity contribution in [3.63, 3.8) is 0 Å². The van der Waals surface area contributed by atoms with Crippen molar-refractivity contribution in [3.05, 3.63) is 23.5 Å². The summed E-state index contributed by atoms with van der Waals surface area (Å²) >= 11 is 0. The Morgan fingerprint density at radius 2 is 1.95 bits per heavy atom. The predicted molar refractivity (Wildman–Crippen MR) is 70.7 cm³/mol. The molecule has 0 bridgehead atoms. The average molecular weight is 304 g/mol.